The molecule has 4 aliphatic rings. The number of nitrogens with zero attached hydrogens (tertiary/aromatic N) is 2. The van der Waals surface area contributed by atoms with Crippen LogP contribution in [-0.2, 0) is 25.6 Å². The summed E-state index contributed by atoms with van der Waals surface area (Å²) in [5, 5.41) is 2.27. The Morgan fingerprint density at radius 1 is 1.16 bits per heavy atom. The van der Waals surface area contributed by atoms with Crippen LogP contribution in [0, 0.1) is 17.2 Å². The zero-order chi connectivity index (χ0) is 21.9. The maximum absolute atomic E-state index is 15.4. The van der Waals surface area contributed by atoms with E-state index >= 15 is 4.39 Å². The number of carbonyl (C=O) groups is 3. The third-order valence-electron chi connectivity index (χ3n) is 7.26. The Morgan fingerprint density at radius 2 is 1.87 bits per heavy atom. The highest BCUT2D eigenvalue weighted by Crippen LogP contribution is 2.54. The predicted octanol–water partition coefficient (Wildman–Crippen LogP) is 1.42. The molecule has 31 heavy (non-hydrogen) atoms. The molecule has 0 radical (unpaired) electrons. The molecule has 1 aromatic carbocycles. The minimum atomic E-state index is -0.742. The minimum absolute atomic E-state index is 0.0462. The highest BCUT2D eigenvalue weighted by molar-refractivity contribution is 6.05. The van der Waals surface area contributed by atoms with E-state index in [4.69, 9.17) is 9.47 Å². The lowest BCUT2D eigenvalue weighted by atomic mass is 9.57. The van der Waals surface area contributed by atoms with Crippen molar-refractivity contribution < 1.29 is 28.2 Å². The maximum atomic E-state index is 15.4. The number of benzene rings is 1. The molecule has 0 aromatic heterocycles. The zero-order valence-electron chi connectivity index (χ0n) is 17.7. The fraction of sp³-hybridized carbons (Fsp3) is 0.591. The van der Waals surface area contributed by atoms with Gasteiger partial charge in [0.15, 0.2) is 12.1 Å². The summed E-state index contributed by atoms with van der Waals surface area (Å²) in [5.41, 5.74) is 1.31. The summed E-state index contributed by atoms with van der Waals surface area (Å²) < 4.78 is 26.1. The van der Waals surface area contributed by atoms with E-state index in [0.717, 1.165) is 25.9 Å². The molecule has 3 aliphatic heterocycles. The van der Waals surface area contributed by atoms with Gasteiger partial charge in [0.1, 0.15) is 6.04 Å². The van der Waals surface area contributed by atoms with E-state index in [2.05, 4.69) is 5.32 Å². The highest BCUT2D eigenvalue weighted by Gasteiger charge is 2.55. The van der Waals surface area contributed by atoms with Crippen LogP contribution in [0.15, 0.2) is 12.1 Å². The van der Waals surface area contributed by atoms with Crippen LogP contribution in [0.3, 0.4) is 0 Å². The van der Waals surface area contributed by atoms with Crippen molar-refractivity contribution in [2.75, 3.05) is 32.2 Å². The van der Waals surface area contributed by atoms with Gasteiger partial charge in [0.25, 0.3) is 5.91 Å². The molecule has 1 atom stereocenters. The lowest BCUT2D eigenvalue weighted by Gasteiger charge is -2.60. The summed E-state index contributed by atoms with van der Waals surface area (Å²) in [4.78, 5) is 39.8. The van der Waals surface area contributed by atoms with Crippen LogP contribution in [0.2, 0.25) is 0 Å². The lowest BCUT2D eigenvalue weighted by molar-refractivity contribution is -0.185. The number of piperidine rings is 1. The first-order chi connectivity index (χ1) is 14.9. The largest absolute Gasteiger partial charge is 0.368 e. The van der Waals surface area contributed by atoms with E-state index in [1.54, 1.807) is 26.4 Å². The molecule has 3 heterocycles. The van der Waals surface area contributed by atoms with Gasteiger partial charge in [-0.15, -0.1) is 0 Å². The molecule has 1 N–H and O–H groups in total. The third kappa shape index (κ3) is 3.13. The Labute approximate surface area is 179 Å². The maximum Gasteiger partial charge on any atom is 0.255 e. The fourth-order valence-electron chi connectivity index (χ4n) is 5.75. The van der Waals surface area contributed by atoms with Crippen molar-refractivity contribution >= 4 is 23.4 Å². The first kappa shape index (κ1) is 20.4. The van der Waals surface area contributed by atoms with Crippen molar-refractivity contribution in [2.45, 2.75) is 44.6 Å². The lowest BCUT2D eigenvalue weighted by Crippen LogP contribution is -2.64. The topological polar surface area (TPSA) is 88.2 Å². The van der Waals surface area contributed by atoms with Gasteiger partial charge in [0, 0.05) is 56.2 Å². The van der Waals surface area contributed by atoms with Crippen LogP contribution in [0.4, 0.5) is 10.1 Å². The van der Waals surface area contributed by atoms with Gasteiger partial charge in [0.05, 0.1) is 12.2 Å². The number of nitrogens with one attached hydrogen (secondary N) is 1. The smallest absolute Gasteiger partial charge is 0.255 e. The molecule has 5 rings (SSSR count). The molecule has 8 nitrogen and oxygen atoms in total. The fourth-order valence-corrected chi connectivity index (χ4v) is 5.75. The van der Waals surface area contributed by atoms with E-state index in [1.807, 2.05) is 4.90 Å². The van der Waals surface area contributed by atoms with Crippen molar-refractivity contribution in [1.29, 1.82) is 0 Å². The molecular weight excluding hydrogens is 405 g/mol. The van der Waals surface area contributed by atoms with Crippen LogP contribution in [-0.4, -0.2) is 62.3 Å². The number of imide groups is 1. The average molecular weight is 431 g/mol. The second-order valence-electron chi connectivity index (χ2n) is 9.19. The molecule has 1 unspecified atom stereocenters. The van der Waals surface area contributed by atoms with E-state index in [1.165, 1.54) is 4.90 Å². The summed E-state index contributed by atoms with van der Waals surface area (Å²) in [6.45, 7) is 1.58. The van der Waals surface area contributed by atoms with Crippen LogP contribution < -0.4 is 10.2 Å². The predicted molar refractivity (Wildman–Crippen MR) is 108 cm³/mol. The van der Waals surface area contributed by atoms with E-state index in [0.29, 0.717) is 22.7 Å². The van der Waals surface area contributed by atoms with Gasteiger partial charge in [-0.2, -0.15) is 0 Å². The van der Waals surface area contributed by atoms with Crippen molar-refractivity contribution in [3.63, 3.8) is 0 Å². The number of rotatable bonds is 5. The Kier molecular flexibility index (Phi) is 4.78. The molecule has 3 fully saturated rings. The summed E-state index contributed by atoms with van der Waals surface area (Å²) in [6, 6.07) is 2.58. The average Bonchev–Trinajstić information content (AvgIpc) is 3.01. The summed E-state index contributed by atoms with van der Waals surface area (Å²) in [7, 11) is 3.29. The zero-order valence-corrected chi connectivity index (χ0v) is 17.7. The molecule has 1 aromatic rings. The number of anilines is 1. The van der Waals surface area contributed by atoms with E-state index in [9.17, 15) is 14.4 Å². The number of amides is 3. The van der Waals surface area contributed by atoms with E-state index < -0.39 is 17.8 Å². The highest BCUT2D eigenvalue weighted by atomic mass is 19.1. The summed E-state index contributed by atoms with van der Waals surface area (Å²) >= 11 is 0. The molecular formula is C22H26FN3O5. The molecule has 0 bridgehead atoms. The van der Waals surface area contributed by atoms with Crippen LogP contribution in [0.25, 0.3) is 0 Å². The van der Waals surface area contributed by atoms with Gasteiger partial charge in [-0.05, 0) is 31.4 Å². The third-order valence-corrected chi connectivity index (χ3v) is 7.26. The number of methoxy groups -OCH3 is 2. The second kappa shape index (κ2) is 7.27. The van der Waals surface area contributed by atoms with Crippen molar-refractivity contribution in [3.8, 4) is 0 Å². The number of hydrogen-bond donors (Lipinski definition) is 1. The molecule has 1 saturated carbocycles. The van der Waals surface area contributed by atoms with Crippen molar-refractivity contribution in [3.05, 3.63) is 29.1 Å². The van der Waals surface area contributed by atoms with Gasteiger partial charge < -0.3 is 19.3 Å². The minimum Gasteiger partial charge on any atom is -0.368 e. The first-order valence-electron chi connectivity index (χ1n) is 10.6. The summed E-state index contributed by atoms with van der Waals surface area (Å²) in [5.74, 6) is -1.22. The molecule has 2 saturated heterocycles. The van der Waals surface area contributed by atoms with Gasteiger partial charge >= 0.3 is 0 Å². The Balaban J connectivity index is 1.28. The molecule has 1 spiro atoms. The SMILES string of the molecule is COC(OC)C1CC2(C1)CN(c1ccc3c(c1F)CN(C1CCC(=O)NC1=O)C3=O)C2. The number of carbonyl (C=O) groups excluding carboxylic acids is 3. The second-order valence-corrected chi connectivity index (χ2v) is 9.19. The summed E-state index contributed by atoms with van der Waals surface area (Å²) in [6.07, 6.45) is 2.22. The quantitative estimate of drug-likeness (QED) is 0.561. The molecule has 9 heteroatoms. The molecule has 3 amide bonds. The molecule has 166 valence electrons. The number of halogens is 1. The van der Waals surface area contributed by atoms with E-state index in [-0.39, 0.29) is 42.9 Å². The number of fused-ring (bicyclic) bond motifs is 1. The Morgan fingerprint density at radius 3 is 2.52 bits per heavy atom. The first-order valence-corrected chi connectivity index (χ1v) is 10.6. The van der Waals surface area contributed by atoms with Gasteiger partial charge in [-0.1, -0.05) is 0 Å². The number of hydrogen-bond acceptors (Lipinski definition) is 6. The Bertz CT molecular complexity index is 949. The molecule has 1 aliphatic carbocycles. The van der Waals surface area contributed by atoms with Gasteiger partial charge in [-0.3, -0.25) is 19.7 Å². The Hall–Kier alpha value is -2.52. The normalized spacial score (nSPS) is 25.0. The van der Waals surface area contributed by atoms with Crippen molar-refractivity contribution in [2.24, 2.45) is 11.3 Å². The van der Waals surface area contributed by atoms with Gasteiger partial charge in [0.2, 0.25) is 11.8 Å². The van der Waals surface area contributed by atoms with Crippen LogP contribution in [0.5, 0.6) is 0 Å². The van der Waals surface area contributed by atoms with Crippen LogP contribution >= 0.6 is 0 Å². The van der Waals surface area contributed by atoms with Crippen molar-refractivity contribution in [1.82, 2.24) is 10.2 Å². The van der Waals surface area contributed by atoms with Gasteiger partial charge in [-0.25, -0.2) is 4.39 Å². The van der Waals surface area contributed by atoms with Crippen LogP contribution in [0.1, 0.15) is 41.6 Å². The monoisotopic (exact) mass is 431 g/mol. The number of ether oxygens (including phenoxy) is 2. The standard InChI is InChI=1S/C22H26FN3O5/c1-30-21(31-2)12-7-22(8-12)10-25(11-22)15-4-3-13-14(18(15)23)9-26(20(13)29)16-5-6-17(27)24-19(16)28/h3-4,12,16,21H,5-11H2,1-2H3,(H,24,27,28).